The molecule has 9 aromatic rings. The van der Waals surface area contributed by atoms with Crippen LogP contribution in [0.5, 0.6) is 0 Å². The van der Waals surface area contributed by atoms with Crippen molar-refractivity contribution >= 4 is 39.0 Å². The van der Waals surface area contributed by atoms with Gasteiger partial charge in [-0.3, -0.25) is 0 Å². The smallest absolute Gasteiger partial charge is 0.137 e. The van der Waals surface area contributed by atoms with Gasteiger partial charge in [0.15, 0.2) is 0 Å². The maximum Gasteiger partial charge on any atom is 0.137 e. The van der Waals surface area contributed by atoms with Crippen molar-refractivity contribution in [3.63, 3.8) is 0 Å². The summed E-state index contributed by atoms with van der Waals surface area (Å²) in [4.78, 5) is 2.37. The first-order chi connectivity index (χ1) is 26.5. The Kier molecular flexibility index (Phi) is 6.55. The molecule has 0 saturated carbocycles. The second-order valence-electron chi connectivity index (χ2n) is 15.2. The average molecular weight is 692 g/mol. The van der Waals surface area contributed by atoms with Gasteiger partial charge < -0.3 is 9.32 Å². The molecular weight excluding hydrogens is 655 g/mol. The summed E-state index contributed by atoms with van der Waals surface area (Å²) in [6.45, 7) is 4.76. The molecule has 1 aromatic heterocycles. The summed E-state index contributed by atoms with van der Waals surface area (Å²) in [6.07, 6.45) is 0. The van der Waals surface area contributed by atoms with Crippen LogP contribution in [0.4, 0.5) is 17.1 Å². The van der Waals surface area contributed by atoms with E-state index >= 15 is 0 Å². The van der Waals surface area contributed by atoms with Crippen molar-refractivity contribution in [2.75, 3.05) is 4.90 Å². The van der Waals surface area contributed by atoms with Crippen molar-refractivity contribution in [3.05, 3.63) is 221 Å². The van der Waals surface area contributed by atoms with E-state index in [1.54, 1.807) is 0 Å². The van der Waals surface area contributed by atoms with E-state index in [0.29, 0.717) is 0 Å². The van der Waals surface area contributed by atoms with E-state index in [2.05, 4.69) is 201 Å². The fraction of sp³-hybridized carbons (Fsp3) is 0.0769. The average Bonchev–Trinajstić information content (AvgIpc) is 3.75. The lowest BCUT2D eigenvalue weighted by atomic mass is 9.55. The van der Waals surface area contributed by atoms with Crippen LogP contribution in [0.25, 0.3) is 44.2 Å². The molecule has 1 heterocycles. The van der Waals surface area contributed by atoms with Gasteiger partial charge in [-0.1, -0.05) is 153 Å². The normalized spacial score (nSPS) is 14.4. The molecule has 1 spiro atoms. The first-order valence-corrected chi connectivity index (χ1v) is 18.9. The lowest BCUT2D eigenvalue weighted by Gasteiger charge is -2.46. The van der Waals surface area contributed by atoms with Gasteiger partial charge in [0.25, 0.3) is 0 Å². The van der Waals surface area contributed by atoms with Crippen LogP contribution in [0.2, 0.25) is 0 Å². The van der Waals surface area contributed by atoms with Crippen molar-refractivity contribution in [1.29, 1.82) is 0 Å². The number of hydrogen-bond donors (Lipinski definition) is 0. The predicted molar refractivity (Wildman–Crippen MR) is 223 cm³/mol. The van der Waals surface area contributed by atoms with Gasteiger partial charge in [0.2, 0.25) is 0 Å². The van der Waals surface area contributed by atoms with E-state index in [1.165, 1.54) is 55.6 Å². The van der Waals surface area contributed by atoms with Crippen LogP contribution >= 0.6 is 0 Å². The molecule has 2 aliphatic carbocycles. The van der Waals surface area contributed by atoms with Gasteiger partial charge in [0.05, 0.1) is 16.5 Å². The molecule has 0 amide bonds. The Balaban J connectivity index is 1.14. The van der Waals surface area contributed by atoms with Crippen LogP contribution in [0.1, 0.15) is 47.2 Å². The zero-order valence-electron chi connectivity index (χ0n) is 30.3. The monoisotopic (exact) mass is 691 g/mol. The highest BCUT2D eigenvalue weighted by atomic mass is 16.3. The van der Waals surface area contributed by atoms with Gasteiger partial charge in [-0.25, -0.2) is 0 Å². The number of para-hydroxylation sites is 2. The maximum absolute atomic E-state index is 6.37. The fourth-order valence-electron chi connectivity index (χ4n) is 9.81. The van der Waals surface area contributed by atoms with Crippen LogP contribution < -0.4 is 4.90 Å². The summed E-state index contributed by atoms with van der Waals surface area (Å²) in [5.41, 5.74) is 17.7. The minimum atomic E-state index is -0.434. The molecule has 256 valence electrons. The quantitative estimate of drug-likeness (QED) is 0.183. The summed E-state index contributed by atoms with van der Waals surface area (Å²) in [6, 6.07) is 68.9. The minimum absolute atomic E-state index is 0.133. The maximum atomic E-state index is 6.37. The molecule has 0 atom stereocenters. The molecule has 8 aromatic carbocycles. The highest BCUT2D eigenvalue weighted by molar-refractivity contribution is 6.13. The van der Waals surface area contributed by atoms with E-state index in [-0.39, 0.29) is 5.41 Å². The Morgan fingerprint density at radius 1 is 0.407 bits per heavy atom. The van der Waals surface area contributed by atoms with Gasteiger partial charge >= 0.3 is 0 Å². The van der Waals surface area contributed by atoms with Crippen molar-refractivity contribution in [2.24, 2.45) is 0 Å². The molecule has 0 saturated heterocycles. The van der Waals surface area contributed by atoms with Crippen molar-refractivity contribution in [1.82, 2.24) is 0 Å². The van der Waals surface area contributed by atoms with Gasteiger partial charge in [0.1, 0.15) is 11.2 Å². The number of benzene rings is 8. The van der Waals surface area contributed by atoms with E-state index < -0.39 is 5.41 Å². The van der Waals surface area contributed by atoms with Crippen molar-refractivity contribution in [2.45, 2.75) is 24.7 Å². The Morgan fingerprint density at radius 3 is 1.76 bits per heavy atom. The molecule has 11 rings (SSSR count). The highest BCUT2D eigenvalue weighted by Gasteiger charge is 2.53. The lowest BCUT2D eigenvalue weighted by molar-refractivity contribution is 0.563. The van der Waals surface area contributed by atoms with E-state index in [4.69, 9.17) is 4.42 Å². The third-order valence-electron chi connectivity index (χ3n) is 12.1. The van der Waals surface area contributed by atoms with Crippen molar-refractivity contribution < 1.29 is 4.42 Å². The molecule has 0 unspecified atom stereocenters. The van der Waals surface area contributed by atoms with Gasteiger partial charge in [0, 0.05) is 22.2 Å². The fourth-order valence-corrected chi connectivity index (χ4v) is 9.81. The molecule has 0 radical (unpaired) electrons. The Bertz CT molecular complexity index is 2880. The minimum Gasteiger partial charge on any atom is -0.456 e. The molecule has 2 heteroatoms. The number of furan rings is 1. The Hall–Kier alpha value is -6.64. The lowest BCUT2D eigenvalue weighted by Crippen LogP contribution is -2.40. The molecule has 2 nitrogen and oxygen atoms in total. The summed E-state index contributed by atoms with van der Waals surface area (Å²) in [5.74, 6) is 0. The zero-order chi connectivity index (χ0) is 36.0. The third kappa shape index (κ3) is 4.17. The van der Waals surface area contributed by atoms with E-state index in [1.807, 2.05) is 6.07 Å². The summed E-state index contributed by atoms with van der Waals surface area (Å²) in [7, 11) is 0. The van der Waals surface area contributed by atoms with Gasteiger partial charge in [-0.05, 0) is 104 Å². The summed E-state index contributed by atoms with van der Waals surface area (Å²) in [5, 5.41) is 2.22. The van der Waals surface area contributed by atoms with Crippen LogP contribution in [0.15, 0.2) is 192 Å². The topological polar surface area (TPSA) is 16.4 Å². The second-order valence-corrected chi connectivity index (χ2v) is 15.2. The molecule has 0 fully saturated rings. The number of fused-ring (bicyclic) bond motifs is 12. The van der Waals surface area contributed by atoms with Crippen LogP contribution in [-0.4, -0.2) is 0 Å². The molecular formula is C52H37NO. The number of nitrogens with zero attached hydrogens (tertiary/aromatic N) is 1. The molecule has 54 heavy (non-hydrogen) atoms. The number of hydrogen-bond acceptors (Lipinski definition) is 2. The standard InChI is InChI=1S/C52H37NO/c1-51(2)42-23-9-11-25-44(42)52(45-26-12-10-24-43(45)51)41-22-8-6-20-38(41)39-31-30-35(33-46(39)52)34-16-14-19-37(32-34)53(36-17-4-3-5-18-36)47-27-15-29-49-50(47)40-21-7-13-28-48(40)54-49/h3-33H,1-2H3. The van der Waals surface area contributed by atoms with E-state index in [9.17, 15) is 0 Å². The molecule has 0 aliphatic heterocycles. The number of anilines is 3. The predicted octanol–water partition coefficient (Wildman–Crippen LogP) is 13.7. The molecule has 2 aliphatic rings. The van der Waals surface area contributed by atoms with Gasteiger partial charge in [-0.2, -0.15) is 0 Å². The highest BCUT2D eigenvalue weighted by Crippen LogP contribution is 2.62. The molecule has 0 bridgehead atoms. The van der Waals surface area contributed by atoms with Gasteiger partial charge in [-0.15, -0.1) is 0 Å². The van der Waals surface area contributed by atoms with Crippen LogP contribution in [0.3, 0.4) is 0 Å². The number of rotatable bonds is 4. The zero-order valence-corrected chi connectivity index (χ0v) is 30.3. The van der Waals surface area contributed by atoms with Crippen molar-refractivity contribution in [3.8, 4) is 22.3 Å². The summed E-state index contributed by atoms with van der Waals surface area (Å²) < 4.78 is 6.37. The Labute approximate surface area is 315 Å². The van der Waals surface area contributed by atoms with Crippen LogP contribution in [0, 0.1) is 0 Å². The first kappa shape index (κ1) is 30.9. The first-order valence-electron chi connectivity index (χ1n) is 18.9. The molecule has 0 N–H and O–H groups in total. The SMILES string of the molecule is CC1(C)c2ccccc2C2(c3ccccc3-c3ccc(-c4cccc(N(c5ccccc5)c5cccc6oc7ccccc7c56)c4)cc32)c2ccccc21. The summed E-state index contributed by atoms with van der Waals surface area (Å²) >= 11 is 0. The second kappa shape index (κ2) is 11.4. The Morgan fingerprint density at radius 2 is 0.981 bits per heavy atom. The largest absolute Gasteiger partial charge is 0.456 e. The van der Waals surface area contributed by atoms with E-state index in [0.717, 1.165) is 39.0 Å². The third-order valence-corrected chi connectivity index (χ3v) is 12.1. The van der Waals surface area contributed by atoms with Crippen LogP contribution in [-0.2, 0) is 10.8 Å².